The molecular weight excluding hydrogens is 294 g/mol. The number of hydrogen-bond acceptors (Lipinski definition) is 4. The van der Waals surface area contributed by atoms with E-state index in [1.807, 2.05) is 57.0 Å². The van der Waals surface area contributed by atoms with E-state index in [2.05, 4.69) is 0 Å². The van der Waals surface area contributed by atoms with Crippen molar-refractivity contribution >= 4 is 17.8 Å². The van der Waals surface area contributed by atoms with Crippen LogP contribution >= 0.6 is 0 Å². The molecule has 6 nitrogen and oxygen atoms in total. The minimum Gasteiger partial charge on any atom is -0.284 e. The van der Waals surface area contributed by atoms with E-state index in [0.29, 0.717) is 6.54 Å². The summed E-state index contributed by atoms with van der Waals surface area (Å²) in [7, 11) is 1.82. The molecular formula is C17H23N3O3. The van der Waals surface area contributed by atoms with E-state index in [4.69, 9.17) is 0 Å². The van der Waals surface area contributed by atoms with Crippen LogP contribution in [0.4, 0.5) is 4.79 Å². The van der Waals surface area contributed by atoms with E-state index in [0.717, 1.165) is 15.4 Å². The molecule has 1 fully saturated rings. The lowest BCUT2D eigenvalue weighted by Crippen LogP contribution is -2.41. The van der Waals surface area contributed by atoms with Crippen LogP contribution in [0.15, 0.2) is 24.3 Å². The van der Waals surface area contributed by atoms with Gasteiger partial charge in [0.1, 0.15) is 0 Å². The quantitative estimate of drug-likeness (QED) is 0.593. The molecule has 1 aromatic rings. The molecule has 2 rings (SSSR count). The molecule has 1 saturated heterocycles. The zero-order chi connectivity index (χ0) is 17.1. The van der Waals surface area contributed by atoms with E-state index in [-0.39, 0.29) is 19.1 Å². The Bertz CT molecular complexity index is 610. The smallest absolute Gasteiger partial charge is 0.284 e. The maximum absolute atomic E-state index is 12.3. The molecule has 0 aliphatic carbocycles. The van der Waals surface area contributed by atoms with Gasteiger partial charge in [0.05, 0.1) is 6.67 Å². The van der Waals surface area contributed by atoms with Crippen molar-refractivity contribution in [3.05, 3.63) is 35.4 Å². The molecule has 4 amide bonds. The molecule has 1 aliphatic heterocycles. The molecule has 1 aromatic carbocycles. The van der Waals surface area contributed by atoms with Gasteiger partial charge in [0.25, 0.3) is 0 Å². The molecule has 124 valence electrons. The van der Waals surface area contributed by atoms with E-state index < -0.39 is 17.8 Å². The van der Waals surface area contributed by atoms with Gasteiger partial charge >= 0.3 is 17.8 Å². The molecule has 0 atom stereocenters. The molecule has 0 bridgehead atoms. The standard InChI is InChI=1S/C17H23N3O3/c1-12(2)9-19-15(21)16(22)20(17(19)23)11-18(4)10-14-7-5-13(3)6-8-14/h5-8,12H,9-11H2,1-4H3. The molecule has 0 radical (unpaired) electrons. The number of carbonyl (C=O) groups excluding carboxylic acids is 3. The number of benzene rings is 1. The highest BCUT2D eigenvalue weighted by Crippen LogP contribution is 2.15. The number of urea groups is 1. The third-order valence-electron chi connectivity index (χ3n) is 3.64. The van der Waals surface area contributed by atoms with Gasteiger partial charge in [-0.05, 0) is 25.5 Å². The second-order valence-corrected chi connectivity index (χ2v) is 6.47. The zero-order valence-electron chi connectivity index (χ0n) is 14.1. The summed E-state index contributed by atoms with van der Waals surface area (Å²) in [5, 5.41) is 0. The third-order valence-corrected chi connectivity index (χ3v) is 3.64. The summed E-state index contributed by atoms with van der Waals surface area (Å²) >= 11 is 0. The van der Waals surface area contributed by atoms with Crippen molar-refractivity contribution in [3.8, 4) is 0 Å². The summed E-state index contributed by atoms with van der Waals surface area (Å²) in [6.07, 6.45) is 0. The first-order valence-corrected chi connectivity index (χ1v) is 7.71. The molecule has 0 N–H and O–H groups in total. The number of imide groups is 2. The maximum atomic E-state index is 12.3. The predicted octanol–water partition coefficient (Wildman–Crippen LogP) is 1.83. The molecule has 23 heavy (non-hydrogen) atoms. The topological polar surface area (TPSA) is 60.9 Å². The Balaban J connectivity index is 2.01. The molecule has 0 aromatic heterocycles. The monoisotopic (exact) mass is 317 g/mol. The van der Waals surface area contributed by atoms with Crippen molar-refractivity contribution in [2.24, 2.45) is 5.92 Å². The highest BCUT2D eigenvalue weighted by molar-refractivity contribution is 6.44. The molecule has 0 spiro atoms. The fraction of sp³-hybridized carbons (Fsp3) is 0.471. The van der Waals surface area contributed by atoms with Crippen molar-refractivity contribution in [1.29, 1.82) is 0 Å². The Hall–Kier alpha value is -2.21. The van der Waals surface area contributed by atoms with Gasteiger partial charge in [-0.25, -0.2) is 9.69 Å². The lowest BCUT2D eigenvalue weighted by atomic mass is 10.1. The fourth-order valence-corrected chi connectivity index (χ4v) is 2.50. The summed E-state index contributed by atoms with van der Waals surface area (Å²) in [6.45, 7) is 6.78. The Morgan fingerprint density at radius 1 is 1.00 bits per heavy atom. The van der Waals surface area contributed by atoms with Crippen LogP contribution in [-0.4, -0.2) is 52.8 Å². The van der Waals surface area contributed by atoms with Gasteiger partial charge in [0.2, 0.25) is 0 Å². The fourth-order valence-electron chi connectivity index (χ4n) is 2.50. The lowest BCUT2D eigenvalue weighted by Gasteiger charge is -2.23. The Morgan fingerprint density at radius 2 is 1.57 bits per heavy atom. The van der Waals surface area contributed by atoms with Crippen LogP contribution in [0.2, 0.25) is 0 Å². The van der Waals surface area contributed by atoms with Crippen LogP contribution in [0.25, 0.3) is 0 Å². The van der Waals surface area contributed by atoms with Gasteiger partial charge < -0.3 is 0 Å². The van der Waals surface area contributed by atoms with Crippen LogP contribution in [0.5, 0.6) is 0 Å². The second kappa shape index (κ2) is 6.91. The van der Waals surface area contributed by atoms with E-state index in [1.54, 1.807) is 0 Å². The van der Waals surface area contributed by atoms with Crippen molar-refractivity contribution in [3.63, 3.8) is 0 Å². The van der Waals surface area contributed by atoms with Gasteiger partial charge in [-0.2, -0.15) is 0 Å². The van der Waals surface area contributed by atoms with Crippen LogP contribution < -0.4 is 0 Å². The van der Waals surface area contributed by atoms with Gasteiger partial charge in [0.15, 0.2) is 0 Å². The summed E-state index contributed by atoms with van der Waals surface area (Å²) in [5.74, 6) is -1.35. The van der Waals surface area contributed by atoms with Crippen molar-refractivity contribution in [2.45, 2.75) is 27.3 Å². The van der Waals surface area contributed by atoms with Crippen molar-refractivity contribution < 1.29 is 14.4 Å². The van der Waals surface area contributed by atoms with Crippen LogP contribution in [0.3, 0.4) is 0 Å². The molecule has 0 saturated carbocycles. The second-order valence-electron chi connectivity index (χ2n) is 6.47. The third kappa shape index (κ3) is 3.96. The van der Waals surface area contributed by atoms with Crippen LogP contribution in [0, 0.1) is 12.8 Å². The van der Waals surface area contributed by atoms with Gasteiger partial charge in [-0.15, -0.1) is 0 Å². The van der Waals surface area contributed by atoms with E-state index in [1.165, 1.54) is 5.56 Å². The SMILES string of the molecule is Cc1ccc(CN(C)CN2C(=O)C(=O)N(CC(C)C)C2=O)cc1. The number of aryl methyl sites for hydroxylation is 1. The molecule has 1 aliphatic rings. The first-order valence-electron chi connectivity index (χ1n) is 7.71. The lowest BCUT2D eigenvalue weighted by molar-refractivity contribution is -0.144. The van der Waals surface area contributed by atoms with Gasteiger partial charge in [-0.3, -0.25) is 19.4 Å². The average Bonchev–Trinajstić information content (AvgIpc) is 2.67. The highest BCUT2D eigenvalue weighted by atomic mass is 16.2. The van der Waals surface area contributed by atoms with Gasteiger partial charge in [-0.1, -0.05) is 43.7 Å². The minimum atomic E-state index is -0.744. The number of nitrogens with zero attached hydrogens (tertiary/aromatic N) is 3. The highest BCUT2D eigenvalue weighted by Gasteiger charge is 2.44. The summed E-state index contributed by atoms with van der Waals surface area (Å²) in [5.41, 5.74) is 2.26. The Morgan fingerprint density at radius 3 is 2.13 bits per heavy atom. The molecule has 1 heterocycles. The largest absolute Gasteiger partial charge is 0.335 e. The van der Waals surface area contributed by atoms with Gasteiger partial charge in [0, 0.05) is 13.1 Å². The number of amides is 4. The van der Waals surface area contributed by atoms with E-state index in [9.17, 15) is 14.4 Å². The first kappa shape index (κ1) is 17.1. The van der Waals surface area contributed by atoms with Crippen LogP contribution in [0.1, 0.15) is 25.0 Å². The van der Waals surface area contributed by atoms with Crippen molar-refractivity contribution in [1.82, 2.24) is 14.7 Å². The first-order chi connectivity index (χ1) is 10.8. The predicted molar refractivity (Wildman–Crippen MR) is 86.3 cm³/mol. The molecule has 6 heteroatoms. The summed E-state index contributed by atoms with van der Waals surface area (Å²) < 4.78 is 0. The molecule has 0 unspecified atom stereocenters. The number of hydrogen-bond donors (Lipinski definition) is 0. The Labute approximate surface area is 136 Å². The minimum absolute atomic E-state index is 0.103. The van der Waals surface area contributed by atoms with E-state index >= 15 is 0 Å². The maximum Gasteiger partial charge on any atom is 0.335 e. The summed E-state index contributed by atoms with van der Waals surface area (Å²) in [4.78, 5) is 40.1. The zero-order valence-corrected chi connectivity index (χ0v) is 14.1. The average molecular weight is 317 g/mol. The number of carbonyl (C=O) groups is 3. The van der Waals surface area contributed by atoms with Crippen molar-refractivity contribution in [2.75, 3.05) is 20.3 Å². The normalized spacial score (nSPS) is 15.5. The van der Waals surface area contributed by atoms with Crippen LogP contribution in [-0.2, 0) is 16.1 Å². The Kier molecular flexibility index (Phi) is 5.15. The number of rotatable bonds is 6. The summed E-state index contributed by atoms with van der Waals surface area (Å²) in [6, 6.07) is 7.53.